The molecular weight excluding hydrogens is 302 g/mol. The zero-order valence-corrected chi connectivity index (χ0v) is 14.1. The van der Waals surface area contributed by atoms with Crippen LogP contribution in [0.1, 0.15) is 18.9 Å². The van der Waals surface area contributed by atoms with Gasteiger partial charge in [0.05, 0.1) is 0 Å². The van der Waals surface area contributed by atoms with Crippen LogP contribution >= 0.6 is 0 Å². The molecule has 0 unspecified atom stereocenters. The van der Waals surface area contributed by atoms with Gasteiger partial charge in [0.15, 0.2) is 0 Å². The van der Waals surface area contributed by atoms with E-state index in [2.05, 4.69) is 41.0 Å². The van der Waals surface area contributed by atoms with Crippen LogP contribution in [0.3, 0.4) is 0 Å². The smallest absolute Gasteiger partial charge is 0.315 e. The van der Waals surface area contributed by atoms with Crippen molar-refractivity contribution in [3.8, 4) is 0 Å². The third-order valence-electron chi connectivity index (χ3n) is 4.47. The van der Waals surface area contributed by atoms with Gasteiger partial charge in [-0.25, -0.2) is 4.79 Å². The second-order valence-electron chi connectivity index (χ2n) is 6.51. The second-order valence-corrected chi connectivity index (χ2v) is 6.51. The summed E-state index contributed by atoms with van der Waals surface area (Å²) in [5, 5.41) is 8.09. The first-order chi connectivity index (χ1) is 11.5. The molecule has 1 aliphatic heterocycles. The number of benzene rings is 2. The Bertz CT molecular complexity index is 759. The van der Waals surface area contributed by atoms with E-state index in [1.807, 2.05) is 19.1 Å². The van der Waals surface area contributed by atoms with Crippen LogP contribution in [0.2, 0.25) is 0 Å². The lowest BCUT2D eigenvalue weighted by Gasteiger charge is -2.17. The molecule has 2 aromatic carbocycles. The number of carbonyl (C=O) groups is 2. The van der Waals surface area contributed by atoms with Gasteiger partial charge in [0, 0.05) is 19.6 Å². The number of hydrogen-bond donors (Lipinski definition) is 2. The van der Waals surface area contributed by atoms with Crippen LogP contribution in [0, 0.1) is 0 Å². The average Bonchev–Trinajstić information content (AvgIpc) is 2.86. The summed E-state index contributed by atoms with van der Waals surface area (Å²) in [5.41, 5.74) is 1.18. The molecule has 2 atom stereocenters. The number of nitrogens with zero attached hydrogens (tertiary/aromatic N) is 1. The Kier molecular flexibility index (Phi) is 4.69. The molecule has 126 valence electrons. The van der Waals surface area contributed by atoms with Crippen molar-refractivity contribution in [2.45, 2.75) is 31.8 Å². The first kappa shape index (κ1) is 16.3. The summed E-state index contributed by atoms with van der Waals surface area (Å²) in [7, 11) is 1.75. The molecule has 3 rings (SSSR count). The number of hydrogen-bond acceptors (Lipinski definition) is 2. The Balaban J connectivity index is 1.55. The van der Waals surface area contributed by atoms with E-state index >= 15 is 0 Å². The van der Waals surface area contributed by atoms with Crippen LogP contribution < -0.4 is 10.6 Å². The molecular formula is C19H23N3O2. The zero-order chi connectivity index (χ0) is 17.1. The maximum absolute atomic E-state index is 12.1. The SMILES string of the molecule is C[C@H](Cc1ccc2ccccc2c1)NC(=O)N[C@@H]1CCN(C)C1=O. The van der Waals surface area contributed by atoms with E-state index in [0.29, 0.717) is 13.0 Å². The number of likely N-dealkylation sites (tertiary alicyclic amines) is 1. The van der Waals surface area contributed by atoms with E-state index in [4.69, 9.17) is 0 Å². The monoisotopic (exact) mass is 325 g/mol. The van der Waals surface area contributed by atoms with E-state index in [9.17, 15) is 9.59 Å². The summed E-state index contributed by atoms with van der Waals surface area (Å²) >= 11 is 0. The van der Waals surface area contributed by atoms with Crippen LogP contribution in [-0.2, 0) is 11.2 Å². The van der Waals surface area contributed by atoms with Crippen LogP contribution in [0.4, 0.5) is 4.79 Å². The molecule has 3 amide bonds. The summed E-state index contributed by atoms with van der Waals surface area (Å²) in [6.07, 6.45) is 1.42. The molecule has 2 aromatic rings. The highest BCUT2D eigenvalue weighted by Crippen LogP contribution is 2.16. The highest BCUT2D eigenvalue weighted by molar-refractivity contribution is 5.88. The van der Waals surface area contributed by atoms with E-state index in [1.165, 1.54) is 16.3 Å². The Hall–Kier alpha value is -2.56. The highest BCUT2D eigenvalue weighted by Gasteiger charge is 2.30. The Morgan fingerprint density at radius 3 is 2.71 bits per heavy atom. The van der Waals surface area contributed by atoms with Gasteiger partial charge in [-0.1, -0.05) is 42.5 Å². The largest absolute Gasteiger partial charge is 0.344 e. The van der Waals surface area contributed by atoms with Gasteiger partial charge < -0.3 is 15.5 Å². The van der Waals surface area contributed by atoms with Gasteiger partial charge in [0.25, 0.3) is 0 Å². The number of carbonyl (C=O) groups excluding carboxylic acids is 2. The zero-order valence-electron chi connectivity index (χ0n) is 14.1. The van der Waals surface area contributed by atoms with E-state index in [0.717, 1.165) is 6.42 Å². The van der Waals surface area contributed by atoms with Gasteiger partial charge in [-0.05, 0) is 36.1 Å². The standard InChI is InChI=1S/C19H23N3O2/c1-13(20-19(24)21-17-9-10-22(2)18(17)23)11-14-7-8-15-5-3-4-6-16(15)12-14/h3-8,12-13,17H,9-11H2,1-2H3,(H2,20,21,24)/t13-,17-/m1/s1. The molecule has 24 heavy (non-hydrogen) atoms. The molecule has 5 nitrogen and oxygen atoms in total. The number of rotatable bonds is 4. The summed E-state index contributed by atoms with van der Waals surface area (Å²) in [6, 6.07) is 13.9. The van der Waals surface area contributed by atoms with Crippen LogP contribution in [0.25, 0.3) is 10.8 Å². The van der Waals surface area contributed by atoms with Gasteiger partial charge in [0.2, 0.25) is 5.91 Å². The maximum atomic E-state index is 12.1. The van der Waals surface area contributed by atoms with E-state index < -0.39 is 6.04 Å². The van der Waals surface area contributed by atoms with Gasteiger partial charge in [-0.2, -0.15) is 0 Å². The maximum Gasteiger partial charge on any atom is 0.315 e. The van der Waals surface area contributed by atoms with Gasteiger partial charge in [-0.15, -0.1) is 0 Å². The topological polar surface area (TPSA) is 61.4 Å². The van der Waals surface area contributed by atoms with Crippen LogP contribution in [0.15, 0.2) is 42.5 Å². The summed E-state index contributed by atoms with van der Waals surface area (Å²) in [6.45, 7) is 2.66. The quantitative estimate of drug-likeness (QED) is 0.906. The number of likely N-dealkylation sites (N-methyl/N-ethyl adjacent to an activating group) is 1. The number of fused-ring (bicyclic) bond motifs is 1. The van der Waals surface area contributed by atoms with E-state index in [-0.39, 0.29) is 18.0 Å². The van der Waals surface area contributed by atoms with Crippen LogP contribution in [0.5, 0.6) is 0 Å². The summed E-state index contributed by atoms with van der Waals surface area (Å²) < 4.78 is 0. The fourth-order valence-electron chi connectivity index (χ4n) is 3.15. The van der Waals surface area contributed by atoms with Crippen molar-refractivity contribution in [3.63, 3.8) is 0 Å². The number of nitrogens with one attached hydrogen (secondary N) is 2. The van der Waals surface area contributed by atoms with Crippen molar-refractivity contribution >= 4 is 22.7 Å². The predicted molar refractivity (Wildman–Crippen MR) is 94.8 cm³/mol. The fourth-order valence-corrected chi connectivity index (χ4v) is 3.15. The highest BCUT2D eigenvalue weighted by atomic mass is 16.2. The lowest BCUT2D eigenvalue weighted by Crippen LogP contribution is -2.48. The molecule has 1 aliphatic rings. The minimum atomic E-state index is -0.400. The molecule has 5 heteroatoms. The number of urea groups is 1. The first-order valence-electron chi connectivity index (χ1n) is 8.32. The van der Waals surface area contributed by atoms with Crippen molar-refractivity contribution < 1.29 is 9.59 Å². The minimum Gasteiger partial charge on any atom is -0.344 e. The lowest BCUT2D eigenvalue weighted by atomic mass is 10.0. The average molecular weight is 325 g/mol. The molecule has 0 aromatic heterocycles. The molecule has 0 spiro atoms. The fraction of sp³-hybridized carbons (Fsp3) is 0.368. The molecule has 0 saturated carbocycles. The molecule has 0 radical (unpaired) electrons. The van der Waals surface area contributed by atoms with Crippen molar-refractivity contribution in [3.05, 3.63) is 48.0 Å². The third-order valence-corrected chi connectivity index (χ3v) is 4.47. The third kappa shape index (κ3) is 3.67. The lowest BCUT2D eigenvalue weighted by molar-refractivity contribution is -0.128. The minimum absolute atomic E-state index is 0.0135. The van der Waals surface area contributed by atoms with Crippen molar-refractivity contribution in [2.75, 3.05) is 13.6 Å². The van der Waals surface area contributed by atoms with Gasteiger partial charge in [0.1, 0.15) is 6.04 Å². The Morgan fingerprint density at radius 2 is 2.00 bits per heavy atom. The predicted octanol–water partition coefficient (Wildman–Crippen LogP) is 2.30. The summed E-state index contributed by atoms with van der Waals surface area (Å²) in [4.78, 5) is 25.5. The van der Waals surface area contributed by atoms with Crippen LogP contribution in [-0.4, -0.2) is 42.5 Å². The molecule has 1 heterocycles. The second kappa shape index (κ2) is 6.91. The van der Waals surface area contributed by atoms with Gasteiger partial charge >= 0.3 is 6.03 Å². The molecule has 0 bridgehead atoms. The first-order valence-corrected chi connectivity index (χ1v) is 8.32. The van der Waals surface area contributed by atoms with E-state index in [1.54, 1.807) is 11.9 Å². The summed E-state index contributed by atoms with van der Waals surface area (Å²) in [5.74, 6) is -0.0210. The molecule has 1 saturated heterocycles. The van der Waals surface area contributed by atoms with Crippen molar-refractivity contribution in [1.82, 2.24) is 15.5 Å². The van der Waals surface area contributed by atoms with Gasteiger partial charge in [-0.3, -0.25) is 4.79 Å². The Labute approximate surface area is 142 Å². The van der Waals surface area contributed by atoms with Crippen molar-refractivity contribution in [2.24, 2.45) is 0 Å². The Morgan fingerprint density at radius 1 is 1.25 bits per heavy atom. The normalized spacial score (nSPS) is 18.7. The molecule has 1 fully saturated rings. The molecule has 2 N–H and O–H groups in total. The van der Waals surface area contributed by atoms with Crippen molar-refractivity contribution in [1.29, 1.82) is 0 Å². The molecule has 0 aliphatic carbocycles. The number of amides is 3.